The number of benzene rings is 1. The molecule has 0 amide bonds. The summed E-state index contributed by atoms with van der Waals surface area (Å²) >= 11 is 0. The monoisotopic (exact) mass is 254 g/mol. The van der Waals surface area contributed by atoms with Gasteiger partial charge < -0.3 is 10.6 Å². The molecule has 0 radical (unpaired) electrons. The molecule has 0 saturated carbocycles. The lowest BCUT2D eigenvalue weighted by molar-refractivity contribution is 0.173. The first kappa shape index (κ1) is 11.5. The Morgan fingerprint density at radius 1 is 1.16 bits per heavy atom. The van der Waals surface area contributed by atoms with E-state index in [0.29, 0.717) is 11.6 Å². The van der Waals surface area contributed by atoms with Gasteiger partial charge in [0.15, 0.2) is 0 Å². The van der Waals surface area contributed by atoms with Crippen LogP contribution in [0, 0.1) is 6.92 Å². The third kappa shape index (κ3) is 1.79. The van der Waals surface area contributed by atoms with Crippen molar-refractivity contribution in [3.05, 3.63) is 42.4 Å². The van der Waals surface area contributed by atoms with Crippen molar-refractivity contribution in [2.75, 3.05) is 12.8 Å². The lowest BCUT2D eigenvalue weighted by Crippen LogP contribution is -2.05. The van der Waals surface area contributed by atoms with Crippen LogP contribution in [0.5, 0.6) is 0 Å². The Bertz CT molecular complexity index is 734. The molecule has 0 spiro atoms. The molecule has 2 heterocycles. The molecule has 0 atom stereocenters. The van der Waals surface area contributed by atoms with Gasteiger partial charge in [-0.1, -0.05) is 30.3 Å². The van der Waals surface area contributed by atoms with Gasteiger partial charge in [-0.15, -0.1) is 0 Å². The van der Waals surface area contributed by atoms with Crippen LogP contribution in [0.15, 0.2) is 36.5 Å². The summed E-state index contributed by atoms with van der Waals surface area (Å²) in [6.45, 7) is 1.82. The summed E-state index contributed by atoms with van der Waals surface area (Å²) in [4.78, 5) is 14.0. The number of hydrogen-bond acceptors (Lipinski definition) is 4. The van der Waals surface area contributed by atoms with Gasteiger partial charge in [0.1, 0.15) is 18.8 Å². The minimum absolute atomic E-state index is 0.470. The summed E-state index contributed by atoms with van der Waals surface area (Å²) in [7, 11) is 1.61. The van der Waals surface area contributed by atoms with Crippen molar-refractivity contribution in [2.45, 2.75) is 6.92 Å². The number of nitrogen functional groups attached to an aromatic ring is 1. The first-order chi connectivity index (χ1) is 9.20. The molecule has 0 aliphatic rings. The van der Waals surface area contributed by atoms with Crippen molar-refractivity contribution < 1.29 is 4.84 Å². The van der Waals surface area contributed by atoms with E-state index in [9.17, 15) is 0 Å². The number of nitrogens with zero attached hydrogens (tertiary/aromatic N) is 3. The molecule has 96 valence electrons. The topological polar surface area (TPSA) is 66.0 Å². The van der Waals surface area contributed by atoms with Crippen molar-refractivity contribution in [1.82, 2.24) is 14.7 Å². The van der Waals surface area contributed by atoms with Gasteiger partial charge in [-0.25, -0.2) is 9.97 Å². The summed E-state index contributed by atoms with van der Waals surface area (Å²) in [6, 6.07) is 9.92. The average Bonchev–Trinajstić information content (AvgIpc) is 2.78. The number of aromatic nitrogens is 3. The van der Waals surface area contributed by atoms with Crippen molar-refractivity contribution in [1.29, 1.82) is 0 Å². The van der Waals surface area contributed by atoms with E-state index >= 15 is 0 Å². The highest BCUT2D eigenvalue weighted by Gasteiger charge is 2.16. The molecule has 0 saturated heterocycles. The number of rotatable bonds is 2. The second kappa shape index (κ2) is 4.28. The van der Waals surface area contributed by atoms with Gasteiger partial charge in [0, 0.05) is 5.56 Å². The molecular weight excluding hydrogens is 240 g/mol. The summed E-state index contributed by atoms with van der Waals surface area (Å²) < 4.78 is 1.67. The zero-order chi connectivity index (χ0) is 13.4. The predicted octanol–water partition coefficient (Wildman–Crippen LogP) is 2.05. The fraction of sp³-hybridized carbons (Fsp3) is 0.143. The fourth-order valence-electron chi connectivity index (χ4n) is 2.25. The highest BCUT2D eigenvalue weighted by atomic mass is 16.6. The van der Waals surface area contributed by atoms with Crippen LogP contribution < -0.4 is 10.6 Å². The second-order valence-electron chi connectivity index (χ2n) is 4.27. The van der Waals surface area contributed by atoms with Crippen LogP contribution >= 0.6 is 0 Å². The van der Waals surface area contributed by atoms with Crippen LogP contribution in [0.4, 0.5) is 5.82 Å². The van der Waals surface area contributed by atoms with Gasteiger partial charge in [0.25, 0.3) is 0 Å². The molecule has 0 unspecified atom stereocenters. The van der Waals surface area contributed by atoms with Crippen LogP contribution in [0.1, 0.15) is 5.82 Å². The van der Waals surface area contributed by atoms with E-state index < -0.39 is 0 Å². The summed E-state index contributed by atoms with van der Waals surface area (Å²) in [5.41, 5.74) is 8.71. The number of anilines is 1. The zero-order valence-corrected chi connectivity index (χ0v) is 10.8. The van der Waals surface area contributed by atoms with Gasteiger partial charge in [-0.2, -0.15) is 4.73 Å². The zero-order valence-electron chi connectivity index (χ0n) is 10.8. The molecule has 5 nitrogen and oxygen atoms in total. The molecule has 0 aliphatic carbocycles. The third-order valence-electron chi connectivity index (χ3n) is 3.02. The molecule has 0 fully saturated rings. The largest absolute Gasteiger partial charge is 0.417 e. The van der Waals surface area contributed by atoms with Gasteiger partial charge in [0.05, 0.1) is 22.8 Å². The van der Waals surface area contributed by atoms with E-state index in [1.54, 1.807) is 11.8 Å². The van der Waals surface area contributed by atoms with Crippen LogP contribution in [0.25, 0.3) is 22.2 Å². The van der Waals surface area contributed by atoms with Crippen molar-refractivity contribution in [3.63, 3.8) is 0 Å². The minimum Gasteiger partial charge on any atom is -0.417 e. The van der Waals surface area contributed by atoms with E-state index in [1.807, 2.05) is 43.5 Å². The molecule has 5 heteroatoms. The SMILES string of the molecule is COn1cc2nc(C)nc(N)c2c1-c1ccccc1. The average molecular weight is 254 g/mol. The normalized spacial score (nSPS) is 10.8. The molecule has 3 aromatic rings. The number of fused-ring (bicyclic) bond motifs is 1. The maximum absolute atomic E-state index is 6.04. The Hall–Kier alpha value is -2.56. The number of hydrogen-bond donors (Lipinski definition) is 1. The van der Waals surface area contributed by atoms with Crippen LogP contribution in [0.3, 0.4) is 0 Å². The number of aryl methyl sites for hydroxylation is 1. The summed E-state index contributed by atoms with van der Waals surface area (Å²) in [5.74, 6) is 1.12. The van der Waals surface area contributed by atoms with Gasteiger partial charge in [-0.05, 0) is 6.92 Å². The highest BCUT2D eigenvalue weighted by molar-refractivity contribution is 6.00. The molecule has 19 heavy (non-hydrogen) atoms. The summed E-state index contributed by atoms with van der Waals surface area (Å²) in [5, 5.41) is 0.818. The lowest BCUT2D eigenvalue weighted by Gasteiger charge is -2.08. The van der Waals surface area contributed by atoms with Gasteiger partial charge in [0.2, 0.25) is 0 Å². The Kier molecular flexibility index (Phi) is 2.59. The molecule has 2 aromatic heterocycles. The number of nitrogens with two attached hydrogens (primary N) is 1. The molecular formula is C14H14N4O. The molecule has 0 bridgehead atoms. The van der Waals surface area contributed by atoms with Gasteiger partial charge >= 0.3 is 0 Å². The predicted molar refractivity (Wildman–Crippen MR) is 74.6 cm³/mol. The van der Waals surface area contributed by atoms with Crippen LogP contribution in [0.2, 0.25) is 0 Å². The molecule has 0 aliphatic heterocycles. The van der Waals surface area contributed by atoms with Crippen molar-refractivity contribution >= 4 is 16.7 Å². The maximum atomic E-state index is 6.04. The Morgan fingerprint density at radius 3 is 2.58 bits per heavy atom. The molecule has 2 N–H and O–H groups in total. The van der Waals surface area contributed by atoms with E-state index in [0.717, 1.165) is 22.2 Å². The van der Waals surface area contributed by atoms with Crippen molar-refractivity contribution in [2.24, 2.45) is 0 Å². The van der Waals surface area contributed by atoms with E-state index in [1.165, 1.54) is 0 Å². The first-order valence-corrected chi connectivity index (χ1v) is 5.96. The molecule has 1 aromatic carbocycles. The highest BCUT2D eigenvalue weighted by Crippen LogP contribution is 2.32. The third-order valence-corrected chi connectivity index (χ3v) is 3.02. The van der Waals surface area contributed by atoms with Crippen molar-refractivity contribution in [3.8, 4) is 11.3 Å². The molecule has 3 rings (SSSR count). The fourth-order valence-corrected chi connectivity index (χ4v) is 2.25. The quantitative estimate of drug-likeness (QED) is 0.760. The second-order valence-corrected chi connectivity index (χ2v) is 4.27. The summed E-state index contributed by atoms with van der Waals surface area (Å²) in [6.07, 6.45) is 1.82. The first-order valence-electron chi connectivity index (χ1n) is 5.96. The Labute approximate surface area is 110 Å². The Balaban J connectivity index is 2.40. The smallest absolute Gasteiger partial charge is 0.137 e. The van der Waals surface area contributed by atoms with Gasteiger partial charge in [-0.3, -0.25) is 0 Å². The minimum atomic E-state index is 0.470. The van der Waals surface area contributed by atoms with E-state index in [4.69, 9.17) is 10.6 Å². The van der Waals surface area contributed by atoms with Crippen LogP contribution in [-0.2, 0) is 0 Å². The van der Waals surface area contributed by atoms with E-state index in [-0.39, 0.29) is 0 Å². The standard InChI is InChI=1S/C14H14N4O/c1-9-16-11-8-18(19-2)13(12(11)14(15)17-9)10-6-4-3-5-7-10/h3-8H,1-2H3,(H2,15,16,17). The van der Waals surface area contributed by atoms with E-state index in [2.05, 4.69) is 9.97 Å². The maximum Gasteiger partial charge on any atom is 0.137 e. The lowest BCUT2D eigenvalue weighted by atomic mass is 10.1. The van der Waals surface area contributed by atoms with Crippen LogP contribution in [-0.4, -0.2) is 21.8 Å². The Morgan fingerprint density at radius 2 is 1.89 bits per heavy atom.